The molecule has 0 saturated heterocycles. The van der Waals surface area contributed by atoms with Crippen LogP contribution in [-0.4, -0.2) is 31.1 Å². The molecule has 0 atom stereocenters. The Kier molecular flexibility index (Phi) is 6.65. The minimum absolute atomic E-state index is 0.0758. The van der Waals surface area contributed by atoms with E-state index in [0.717, 1.165) is 32.5 Å². The maximum Gasteiger partial charge on any atom is 0.342 e. The molecule has 2 aromatic carbocycles. The van der Waals surface area contributed by atoms with E-state index in [2.05, 4.69) is 10.3 Å². The van der Waals surface area contributed by atoms with Gasteiger partial charge in [-0.3, -0.25) is 4.79 Å². The first-order valence-electron chi connectivity index (χ1n) is 10.7. The van der Waals surface area contributed by atoms with Crippen LogP contribution in [0, 0.1) is 6.92 Å². The van der Waals surface area contributed by atoms with Crippen molar-refractivity contribution in [3.05, 3.63) is 58.2 Å². The van der Waals surface area contributed by atoms with Crippen LogP contribution < -0.4 is 14.8 Å². The van der Waals surface area contributed by atoms with E-state index in [-0.39, 0.29) is 18.5 Å². The Labute approximate surface area is 196 Å². The SMILES string of the molecule is COc1c(C)c2c(c(OC)c1CC=C(C)CCC(=O)Nc1nc3ccccc3s1)C(=O)OC2. The van der Waals surface area contributed by atoms with Gasteiger partial charge < -0.3 is 19.5 Å². The molecule has 0 fully saturated rings. The van der Waals surface area contributed by atoms with E-state index < -0.39 is 0 Å². The molecule has 0 radical (unpaired) electrons. The first-order chi connectivity index (χ1) is 15.9. The monoisotopic (exact) mass is 466 g/mol. The molecule has 2 heterocycles. The summed E-state index contributed by atoms with van der Waals surface area (Å²) in [7, 11) is 3.15. The average Bonchev–Trinajstić information content (AvgIpc) is 3.39. The molecule has 7 nitrogen and oxygen atoms in total. The molecule has 8 heteroatoms. The number of methoxy groups -OCH3 is 2. The van der Waals surface area contributed by atoms with Gasteiger partial charge in [0.05, 0.1) is 24.4 Å². The average molecular weight is 467 g/mol. The van der Waals surface area contributed by atoms with Gasteiger partial charge in [-0.1, -0.05) is 35.1 Å². The number of ether oxygens (including phenoxy) is 3. The second kappa shape index (κ2) is 9.62. The Bertz CT molecular complexity index is 1230. The fourth-order valence-electron chi connectivity index (χ4n) is 4.03. The number of cyclic esters (lactones) is 1. The van der Waals surface area contributed by atoms with Crippen molar-refractivity contribution in [2.24, 2.45) is 0 Å². The number of aromatic nitrogens is 1. The molecular weight excluding hydrogens is 440 g/mol. The lowest BCUT2D eigenvalue weighted by atomic mass is 9.94. The van der Waals surface area contributed by atoms with Crippen LogP contribution in [0.2, 0.25) is 0 Å². The lowest BCUT2D eigenvalue weighted by Gasteiger charge is -2.18. The van der Waals surface area contributed by atoms with Gasteiger partial charge in [0.25, 0.3) is 0 Å². The molecule has 0 aliphatic carbocycles. The number of nitrogens with one attached hydrogen (secondary N) is 1. The number of anilines is 1. The highest BCUT2D eigenvalue weighted by molar-refractivity contribution is 7.22. The molecule has 0 unspecified atom stereocenters. The number of nitrogens with zero attached hydrogens (tertiary/aromatic N) is 1. The zero-order chi connectivity index (χ0) is 23.5. The van der Waals surface area contributed by atoms with Crippen LogP contribution in [0.4, 0.5) is 5.13 Å². The number of hydrogen-bond donors (Lipinski definition) is 1. The number of hydrogen-bond acceptors (Lipinski definition) is 7. The van der Waals surface area contributed by atoms with Crippen molar-refractivity contribution in [2.45, 2.75) is 39.7 Å². The predicted molar refractivity (Wildman–Crippen MR) is 128 cm³/mol. The van der Waals surface area contributed by atoms with Crippen LogP contribution in [0.25, 0.3) is 10.2 Å². The predicted octanol–water partition coefficient (Wildman–Crippen LogP) is 5.20. The Morgan fingerprint density at radius 3 is 2.70 bits per heavy atom. The summed E-state index contributed by atoms with van der Waals surface area (Å²) in [5.41, 5.74) is 4.91. The lowest BCUT2D eigenvalue weighted by Crippen LogP contribution is -2.11. The highest BCUT2D eigenvalue weighted by atomic mass is 32.1. The second-order valence-corrected chi connectivity index (χ2v) is 8.92. The van der Waals surface area contributed by atoms with Gasteiger partial charge in [-0.15, -0.1) is 0 Å². The standard InChI is InChI=1S/C25H26N2O5S/c1-14(10-12-20(28)27-25-26-18-7-5-6-8-19(18)33-25)9-11-16-22(30-3)15(2)17-13-32-24(29)21(17)23(16)31-4/h5-9H,10-13H2,1-4H3,(H,26,27,28). The summed E-state index contributed by atoms with van der Waals surface area (Å²) in [6.07, 6.45) is 3.51. The van der Waals surface area contributed by atoms with Crippen LogP contribution in [0.1, 0.15) is 46.8 Å². The van der Waals surface area contributed by atoms with E-state index in [1.54, 1.807) is 14.2 Å². The quantitative estimate of drug-likeness (QED) is 0.363. The topological polar surface area (TPSA) is 86.8 Å². The number of rotatable bonds is 8. The molecule has 1 N–H and O–H groups in total. The van der Waals surface area contributed by atoms with Gasteiger partial charge in [0.1, 0.15) is 23.7 Å². The number of allylic oxidation sites excluding steroid dienone is 2. The maximum absolute atomic E-state index is 12.4. The zero-order valence-electron chi connectivity index (χ0n) is 19.1. The number of carbonyl (C=O) groups is 2. The van der Waals surface area contributed by atoms with Crippen molar-refractivity contribution in [1.82, 2.24) is 4.98 Å². The summed E-state index contributed by atoms with van der Waals surface area (Å²) in [5, 5.41) is 3.50. The van der Waals surface area contributed by atoms with Crippen molar-refractivity contribution in [1.29, 1.82) is 0 Å². The summed E-state index contributed by atoms with van der Waals surface area (Å²) in [5.74, 6) is 0.739. The Balaban J connectivity index is 1.44. The Hall–Kier alpha value is -3.39. The highest BCUT2D eigenvalue weighted by Crippen LogP contribution is 2.42. The van der Waals surface area contributed by atoms with E-state index in [4.69, 9.17) is 14.2 Å². The summed E-state index contributed by atoms with van der Waals surface area (Å²) in [6, 6.07) is 7.79. The largest absolute Gasteiger partial charge is 0.496 e. The molecule has 0 saturated carbocycles. The van der Waals surface area contributed by atoms with E-state index in [1.165, 1.54) is 11.3 Å². The molecular formula is C25H26N2O5S. The van der Waals surface area contributed by atoms with Gasteiger partial charge in [0.2, 0.25) is 5.91 Å². The Morgan fingerprint density at radius 2 is 1.97 bits per heavy atom. The molecule has 3 aromatic rings. The van der Waals surface area contributed by atoms with Gasteiger partial charge in [-0.25, -0.2) is 9.78 Å². The summed E-state index contributed by atoms with van der Waals surface area (Å²) in [6.45, 7) is 4.13. The number of fused-ring (bicyclic) bond motifs is 2. The molecule has 172 valence electrons. The molecule has 1 aliphatic rings. The first kappa shape index (κ1) is 22.8. The van der Waals surface area contributed by atoms with Gasteiger partial charge >= 0.3 is 5.97 Å². The number of thiazole rings is 1. The number of amides is 1. The van der Waals surface area contributed by atoms with Crippen molar-refractivity contribution in [2.75, 3.05) is 19.5 Å². The van der Waals surface area contributed by atoms with E-state index >= 15 is 0 Å². The van der Waals surface area contributed by atoms with Crippen molar-refractivity contribution in [3.63, 3.8) is 0 Å². The lowest BCUT2D eigenvalue weighted by molar-refractivity contribution is -0.116. The number of carbonyl (C=O) groups excluding carboxylic acids is 2. The first-order valence-corrected chi connectivity index (χ1v) is 11.5. The van der Waals surface area contributed by atoms with Crippen LogP contribution in [0.5, 0.6) is 11.5 Å². The Morgan fingerprint density at radius 1 is 1.21 bits per heavy atom. The van der Waals surface area contributed by atoms with E-state index in [0.29, 0.717) is 41.5 Å². The third-order valence-electron chi connectivity index (χ3n) is 5.77. The summed E-state index contributed by atoms with van der Waals surface area (Å²) >= 11 is 1.46. The molecule has 1 aliphatic heterocycles. The van der Waals surface area contributed by atoms with Crippen LogP contribution in [-0.2, 0) is 22.6 Å². The van der Waals surface area contributed by atoms with Crippen molar-refractivity contribution < 1.29 is 23.8 Å². The van der Waals surface area contributed by atoms with Gasteiger partial charge in [0, 0.05) is 17.5 Å². The molecule has 0 bridgehead atoms. The zero-order valence-corrected chi connectivity index (χ0v) is 19.9. The molecule has 1 aromatic heterocycles. The normalized spacial score (nSPS) is 13.1. The van der Waals surface area contributed by atoms with E-state index in [1.807, 2.05) is 44.2 Å². The van der Waals surface area contributed by atoms with Crippen LogP contribution in [0.3, 0.4) is 0 Å². The molecule has 1 amide bonds. The maximum atomic E-state index is 12.4. The fraction of sp³-hybridized carbons (Fsp3) is 0.320. The smallest absolute Gasteiger partial charge is 0.342 e. The van der Waals surface area contributed by atoms with Crippen molar-refractivity contribution in [3.8, 4) is 11.5 Å². The number of benzene rings is 2. The van der Waals surface area contributed by atoms with E-state index in [9.17, 15) is 9.59 Å². The van der Waals surface area contributed by atoms with Gasteiger partial charge in [-0.2, -0.15) is 0 Å². The molecule has 4 rings (SSSR count). The molecule has 0 spiro atoms. The summed E-state index contributed by atoms with van der Waals surface area (Å²) in [4.78, 5) is 29.1. The minimum atomic E-state index is -0.374. The van der Waals surface area contributed by atoms with Crippen LogP contribution in [0.15, 0.2) is 35.9 Å². The summed E-state index contributed by atoms with van der Waals surface area (Å²) < 4.78 is 17.5. The highest BCUT2D eigenvalue weighted by Gasteiger charge is 2.32. The fourth-order valence-corrected chi connectivity index (χ4v) is 4.91. The van der Waals surface area contributed by atoms with Crippen LogP contribution >= 0.6 is 11.3 Å². The number of esters is 1. The van der Waals surface area contributed by atoms with Crippen molar-refractivity contribution >= 4 is 38.6 Å². The minimum Gasteiger partial charge on any atom is -0.496 e. The molecule has 33 heavy (non-hydrogen) atoms. The van der Waals surface area contributed by atoms with Gasteiger partial charge in [-0.05, 0) is 44.4 Å². The second-order valence-electron chi connectivity index (χ2n) is 7.89. The van der Waals surface area contributed by atoms with Gasteiger partial charge in [0.15, 0.2) is 5.13 Å². The third kappa shape index (κ3) is 4.57. The third-order valence-corrected chi connectivity index (χ3v) is 6.72. The number of para-hydroxylation sites is 1.